The molecule has 0 aliphatic carbocycles. The van der Waals surface area contributed by atoms with Gasteiger partial charge in [-0.15, -0.1) is 0 Å². The van der Waals surface area contributed by atoms with E-state index in [0.717, 1.165) is 37.9 Å². The third-order valence-electron chi connectivity index (χ3n) is 2.85. The zero-order valence-electron chi connectivity index (χ0n) is 11.3. The molecule has 1 rings (SSSR count). The van der Waals surface area contributed by atoms with Crippen molar-refractivity contribution in [3.8, 4) is 0 Å². The quantitative estimate of drug-likeness (QED) is 0.621. The zero-order chi connectivity index (χ0) is 13.4. The minimum absolute atomic E-state index is 0.0320. The fourth-order valence-electron chi connectivity index (χ4n) is 1.69. The molecule has 5 heteroatoms. The minimum atomic E-state index is 0.0320. The molecule has 1 amide bonds. The number of carbonyl (C=O) groups excluding carboxylic acids is 1. The van der Waals surface area contributed by atoms with E-state index in [2.05, 4.69) is 29.4 Å². The van der Waals surface area contributed by atoms with Crippen molar-refractivity contribution in [2.24, 2.45) is 5.73 Å². The lowest BCUT2D eigenvalue weighted by Crippen LogP contribution is -2.11. The highest BCUT2D eigenvalue weighted by molar-refractivity contribution is 5.89. The molecule has 0 aliphatic heterocycles. The summed E-state index contributed by atoms with van der Waals surface area (Å²) in [6.07, 6.45) is 4.66. The predicted molar refractivity (Wildman–Crippen MR) is 73.4 cm³/mol. The van der Waals surface area contributed by atoms with Crippen LogP contribution in [-0.2, 0) is 4.79 Å². The van der Waals surface area contributed by atoms with Crippen LogP contribution in [0.4, 0.5) is 5.82 Å². The van der Waals surface area contributed by atoms with E-state index in [1.165, 1.54) is 0 Å². The van der Waals surface area contributed by atoms with Crippen LogP contribution in [0.5, 0.6) is 0 Å². The second-order valence-electron chi connectivity index (χ2n) is 4.86. The summed E-state index contributed by atoms with van der Waals surface area (Å²) in [4.78, 5) is 11.6. The van der Waals surface area contributed by atoms with Crippen molar-refractivity contribution < 1.29 is 4.79 Å². The smallest absolute Gasteiger partial charge is 0.225 e. The maximum absolute atomic E-state index is 11.6. The van der Waals surface area contributed by atoms with Crippen LogP contribution in [0.15, 0.2) is 6.07 Å². The van der Waals surface area contributed by atoms with Crippen molar-refractivity contribution in [3.63, 3.8) is 0 Å². The highest BCUT2D eigenvalue weighted by atomic mass is 16.1. The number of rotatable bonds is 8. The molecule has 0 unspecified atom stereocenters. The standard InChI is InChI=1S/C13H24N4O/c1-10(2)11-9-12(17-16-11)15-13(18)7-5-3-4-6-8-14/h9-10H,3-8,14H2,1-2H3,(H2,15,16,17,18). The Balaban J connectivity index is 2.22. The van der Waals surface area contributed by atoms with Gasteiger partial charge in [0.1, 0.15) is 0 Å². The molecule has 1 aromatic heterocycles. The molecule has 5 nitrogen and oxygen atoms in total. The number of carbonyl (C=O) groups is 1. The number of aromatic amines is 1. The number of hydrogen-bond acceptors (Lipinski definition) is 3. The lowest BCUT2D eigenvalue weighted by Gasteiger charge is -2.01. The highest BCUT2D eigenvalue weighted by Crippen LogP contribution is 2.15. The van der Waals surface area contributed by atoms with E-state index in [4.69, 9.17) is 5.73 Å². The van der Waals surface area contributed by atoms with Gasteiger partial charge in [-0.25, -0.2) is 0 Å². The molecule has 102 valence electrons. The fraction of sp³-hybridized carbons (Fsp3) is 0.692. The number of H-pyrrole nitrogens is 1. The zero-order valence-corrected chi connectivity index (χ0v) is 11.3. The summed E-state index contributed by atoms with van der Waals surface area (Å²) in [6.45, 7) is 4.89. The summed E-state index contributed by atoms with van der Waals surface area (Å²) in [7, 11) is 0. The Hall–Kier alpha value is -1.36. The monoisotopic (exact) mass is 252 g/mol. The highest BCUT2D eigenvalue weighted by Gasteiger charge is 2.07. The van der Waals surface area contributed by atoms with Crippen molar-refractivity contribution in [2.75, 3.05) is 11.9 Å². The first-order valence-corrected chi connectivity index (χ1v) is 6.68. The molecule has 1 heterocycles. The molecule has 4 N–H and O–H groups in total. The second-order valence-corrected chi connectivity index (χ2v) is 4.86. The molecular formula is C13H24N4O. The molecular weight excluding hydrogens is 228 g/mol. The fourth-order valence-corrected chi connectivity index (χ4v) is 1.69. The number of anilines is 1. The van der Waals surface area contributed by atoms with Gasteiger partial charge < -0.3 is 11.1 Å². The summed E-state index contributed by atoms with van der Waals surface area (Å²) >= 11 is 0. The van der Waals surface area contributed by atoms with Crippen LogP contribution in [0.25, 0.3) is 0 Å². The van der Waals surface area contributed by atoms with Crippen LogP contribution < -0.4 is 11.1 Å². The number of unbranched alkanes of at least 4 members (excludes halogenated alkanes) is 3. The van der Waals surface area contributed by atoms with Crippen molar-refractivity contribution in [1.82, 2.24) is 10.2 Å². The van der Waals surface area contributed by atoms with E-state index in [0.29, 0.717) is 18.2 Å². The van der Waals surface area contributed by atoms with Crippen LogP contribution in [0, 0.1) is 0 Å². The third-order valence-corrected chi connectivity index (χ3v) is 2.85. The number of hydrogen-bond donors (Lipinski definition) is 3. The first kappa shape index (κ1) is 14.7. The van der Waals surface area contributed by atoms with E-state index in [-0.39, 0.29) is 5.91 Å². The van der Waals surface area contributed by atoms with Crippen molar-refractivity contribution >= 4 is 11.7 Å². The molecule has 0 aromatic carbocycles. The average Bonchev–Trinajstić information content (AvgIpc) is 2.77. The predicted octanol–water partition coefficient (Wildman–Crippen LogP) is 2.38. The van der Waals surface area contributed by atoms with Gasteiger partial charge in [-0.05, 0) is 25.3 Å². The van der Waals surface area contributed by atoms with Crippen molar-refractivity contribution in [3.05, 3.63) is 11.8 Å². The maximum Gasteiger partial charge on any atom is 0.225 e. The van der Waals surface area contributed by atoms with E-state index in [1.54, 1.807) is 0 Å². The van der Waals surface area contributed by atoms with Gasteiger partial charge in [0.05, 0.1) is 0 Å². The lowest BCUT2D eigenvalue weighted by atomic mass is 10.1. The Kier molecular flexibility index (Phi) is 6.43. The molecule has 0 saturated heterocycles. The Morgan fingerprint density at radius 1 is 1.39 bits per heavy atom. The SMILES string of the molecule is CC(C)c1cc(NC(=O)CCCCCCN)n[nH]1. The van der Waals surface area contributed by atoms with E-state index in [1.807, 2.05) is 6.07 Å². The number of nitrogens with one attached hydrogen (secondary N) is 2. The van der Waals surface area contributed by atoms with Gasteiger partial charge in [0.2, 0.25) is 5.91 Å². The third kappa shape index (κ3) is 5.31. The van der Waals surface area contributed by atoms with E-state index >= 15 is 0 Å². The van der Waals surface area contributed by atoms with Crippen molar-refractivity contribution in [2.45, 2.75) is 51.9 Å². The van der Waals surface area contributed by atoms with E-state index in [9.17, 15) is 4.79 Å². The van der Waals surface area contributed by atoms with Gasteiger partial charge in [-0.2, -0.15) is 5.10 Å². The van der Waals surface area contributed by atoms with Crippen LogP contribution in [0.3, 0.4) is 0 Å². The topological polar surface area (TPSA) is 83.8 Å². The van der Waals surface area contributed by atoms with Gasteiger partial charge >= 0.3 is 0 Å². The van der Waals surface area contributed by atoms with Gasteiger partial charge in [0.15, 0.2) is 5.82 Å². The number of amides is 1. The number of nitrogens with zero attached hydrogens (tertiary/aromatic N) is 1. The maximum atomic E-state index is 11.6. The Morgan fingerprint density at radius 3 is 2.72 bits per heavy atom. The van der Waals surface area contributed by atoms with Crippen LogP contribution in [-0.4, -0.2) is 22.6 Å². The molecule has 18 heavy (non-hydrogen) atoms. The number of nitrogens with two attached hydrogens (primary N) is 1. The van der Waals surface area contributed by atoms with Crippen LogP contribution >= 0.6 is 0 Å². The summed E-state index contributed by atoms with van der Waals surface area (Å²) < 4.78 is 0. The summed E-state index contributed by atoms with van der Waals surface area (Å²) in [5.41, 5.74) is 6.44. The Bertz CT molecular complexity index is 360. The first-order chi connectivity index (χ1) is 8.63. The molecule has 0 spiro atoms. The van der Waals surface area contributed by atoms with Gasteiger partial charge in [0.25, 0.3) is 0 Å². The molecule has 0 bridgehead atoms. The largest absolute Gasteiger partial charge is 0.330 e. The average molecular weight is 252 g/mol. The summed E-state index contributed by atoms with van der Waals surface area (Å²) in [6, 6.07) is 1.89. The minimum Gasteiger partial charge on any atom is -0.330 e. The van der Waals surface area contributed by atoms with Gasteiger partial charge in [0, 0.05) is 18.2 Å². The molecule has 0 atom stereocenters. The van der Waals surface area contributed by atoms with Gasteiger partial charge in [-0.3, -0.25) is 9.89 Å². The molecule has 0 fully saturated rings. The molecule has 0 aliphatic rings. The summed E-state index contributed by atoms with van der Waals surface area (Å²) in [5, 5.41) is 9.78. The van der Waals surface area contributed by atoms with E-state index < -0.39 is 0 Å². The normalized spacial score (nSPS) is 10.9. The molecule has 1 aromatic rings. The molecule has 0 saturated carbocycles. The van der Waals surface area contributed by atoms with Crippen molar-refractivity contribution in [1.29, 1.82) is 0 Å². The summed E-state index contributed by atoms with van der Waals surface area (Å²) in [5.74, 6) is 1.04. The molecule has 0 radical (unpaired) electrons. The van der Waals surface area contributed by atoms with Crippen LogP contribution in [0.2, 0.25) is 0 Å². The Labute approximate surface area is 109 Å². The lowest BCUT2D eigenvalue weighted by molar-refractivity contribution is -0.116. The first-order valence-electron chi connectivity index (χ1n) is 6.68. The number of aromatic nitrogens is 2. The second kappa shape index (κ2) is 7.87. The Morgan fingerprint density at radius 2 is 2.11 bits per heavy atom. The van der Waals surface area contributed by atoms with Gasteiger partial charge in [-0.1, -0.05) is 26.7 Å². The van der Waals surface area contributed by atoms with Crippen LogP contribution in [0.1, 0.15) is 57.6 Å².